The van der Waals surface area contributed by atoms with Crippen LogP contribution >= 0.6 is 11.3 Å². The highest BCUT2D eigenvalue weighted by Gasteiger charge is 2.16. The predicted molar refractivity (Wildman–Crippen MR) is 120 cm³/mol. The second-order valence-electron chi connectivity index (χ2n) is 8.08. The molecule has 0 fully saturated rings. The summed E-state index contributed by atoms with van der Waals surface area (Å²) in [5.74, 6) is 1.37. The van der Waals surface area contributed by atoms with Gasteiger partial charge in [0.2, 0.25) is 0 Å². The number of hydrogen-bond donors (Lipinski definition) is 0. The normalized spacial score (nSPS) is 11.1. The van der Waals surface area contributed by atoms with Crippen LogP contribution in [0.1, 0.15) is 57.9 Å². The minimum Gasteiger partial charge on any atom is -0.494 e. The third kappa shape index (κ3) is 6.49. The van der Waals surface area contributed by atoms with E-state index in [1.807, 2.05) is 31.2 Å². The summed E-state index contributed by atoms with van der Waals surface area (Å²) < 4.78 is 18.1. The largest absolute Gasteiger partial charge is 0.494 e. The Bertz CT molecular complexity index is 840. The van der Waals surface area contributed by atoms with E-state index in [2.05, 4.69) is 58.9 Å². The Labute approximate surface area is 173 Å². The van der Waals surface area contributed by atoms with Gasteiger partial charge in [-0.15, -0.1) is 11.3 Å². The van der Waals surface area contributed by atoms with Crippen molar-refractivity contribution in [2.45, 2.75) is 52.9 Å². The van der Waals surface area contributed by atoms with Crippen molar-refractivity contribution in [1.29, 1.82) is 0 Å². The van der Waals surface area contributed by atoms with Crippen LogP contribution in [0.3, 0.4) is 0 Å². The standard InChI is InChI=1S/C14H15FS.C11H16O/c1-14(2,3)13-9-8-12(16-13)10-4-6-11(15)7-5-10;1-4-12-11-7-5-10(6-8-11)9(2)3/h4-9H,1-3H3;5-9H,4H2,1-3H3. The van der Waals surface area contributed by atoms with Gasteiger partial charge in [0.15, 0.2) is 0 Å². The zero-order chi connectivity index (χ0) is 20.7. The Kier molecular flexibility index (Phi) is 7.82. The van der Waals surface area contributed by atoms with Crippen molar-refractivity contribution in [3.8, 4) is 16.2 Å². The molecule has 0 saturated heterocycles. The molecule has 0 aliphatic heterocycles. The van der Waals surface area contributed by atoms with Gasteiger partial charge in [0, 0.05) is 9.75 Å². The number of halogens is 1. The number of ether oxygens (including phenoxy) is 1. The average molecular weight is 399 g/mol. The molecule has 0 aliphatic carbocycles. The van der Waals surface area contributed by atoms with E-state index >= 15 is 0 Å². The summed E-state index contributed by atoms with van der Waals surface area (Å²) in [4.78, 5) is 2.55. The summed E-state index contributed by atoms with van der Waals surface area (Å²) in [7, 11) is 0. The second kappa shape index (κ2) is 9.88. The number of benzene rings is 2. The molecule has 0 aliphatic rings. The van der Waals surface area contributed by atoms with E-state index in [-0.39, 0.29) is 11.2 Å². The van der Waals surface area contributed by atoms with E-state index in [1.54, 1.807) is 11.3 Å². The molecule has 0 atom stereocenters. The van der Waals surface area contributed by atoms with Gasteiger partial charge in [-0.2, -0.15) is 0 Å². The monoisotopic (exact) mass is 398 g/mol. The molecule has 0 amide bonds. The number of thiophene rings is 1. The summed E-state index contributed by atoms with van der Waals surface area (Å²) in [5.41, 5.74) is 2.63. The molecule has 0 bridgehead atoms. The van der Waals surface area contributed by atoms with Crippen molar-refractivity contribution in [2.24, 2.45) is 0 Å². The number of rotatable bonds is 4. The third-order valence-electron chi connectivity index (χ3n) is 4.33. The molecule has 3 rings (SSSR count). The van der Waals surface area contributed by atoms with Crippen molar-refractivity contribution in [3.05, 3.63) is 76.9 Å². The molecule has 0 unspecified atom stereocenters. The topological polar surface area (TPSA) is 9.23 Å². The van der Waals surface area contributed by atoms with Gasteiger partial charge >= 0.3 is 0 Å². The molecule has 0 radical (unpaired) electrons. The predicted octanol–water partition coefficient (Wildman–Crippen LogP) is 8.06. The Balaban J connectivity index is 0.000000209. The third-order valence-corrected chi connectivity index (χ3v) is 5.89. The zero-order valence-corrected chi connectivity index (χ0v) is 18.6. The molecule has 1 heterocycles. The second-order valence-corrected chi connectivity index (χ2v) is 9.16. The highest BCUT2D eigenvalue weighted by Crippen LogP contribution is 2.34. The van der Waals surface area contributed by atoms with Gasteiger partial charge in [0.05, 0.1) is 6.61 Å². The molecule has 0 saturated carbocycles. The van der Waals surface area contributed by atoms with Crippen LogP contribution in [-0.2, 0) is 5.41 Å². The Morgan fingerprint density at radius 3 is 1.96 bits per heavy atom. The first-order chi connectivity index (χ1) is 13.2. The summed E-state index contributed by atoms with van der Waals surface area (Å²) in [6.45, 7) is 13.7. The van der Waals surface area contributed by atoms with E-state index in [1.165, 1.54) is 27.5 Å². The maximum absolute atomic E-state index is 12.8. The van der Waals surface area contributed by atoms with Crippen molar-refractivity contribution in [1.82, 2.24) is 0 Å². The van der Waals surface area contributed by atoms with E-state index in [4.69, 9.17) is 4.74 Å². The maximum Gasteiger partial charge on any atom is 0.123 e. The lowest BCUT2D eigenvalue weighted by Crippen LogP contribution is -2.07. The lowest BCUT2D eigenvalue weighted by atomic mass is 9.95. The fraction of sp³-hybridized carbons (Fsp3) is 0.360. The summed E-state index contributed by atoms with van der Waals surface area (Å²) in [6.07, 6.45) is 0. The molecule has 28 heavy (non-hydrogen) atoms. The molecule has 1 aromatic heterocycles. The summed E-state index contributed by atoms with van der Waals surface area (Å²) >= 11 is 1.78. The van der Waals surface area contributed by atoms with Crippen molar-refractivity contribution >= 4 is 11.3 Å². The summed E-state index contributed by atoms with van der Waals surface area (Å²) in [5, 5.41) is 0. The lowest BCUT2D eigenvalue weighted by Gasteiger charge is -2.15. The Hall–Kier alpha value is -2.13. The fourth-order valence-corrected chi connectivity index (χ4v) is 3.70. The molecule has 3 aromatic rings. The lowest BCUT2D eigenvalue weighted by molar-refractivity contribution is 0.340. The molecule has 0 spiro atoms. The molecule has 1 nitrogen and oxygen atoms in total. The average Bonchev–Trinajstić information content (AvgIpc) is 3.14. The maximum atomic E-state index is 12.8. The minimum atomic E-state index is -0.184. The first-order valence-corrected chi connectivity index (χ1v) is 10.6. The first kappa shape index (κ1) is 22.2. The van der Waals surface area contributed by atoms with Gasteiger partial charge < -0.3 is 4.74 Å². The van der Waals surface area contributed by atoms with E-state index in [9.17, 15) is 4.39 Å². The molecule has 150 valence electrons. The van der Waals surface area contributed by atoms with E-state index in [0.29, 0.717) is 5.92 Å². The zero-order valence-electron chi connectivity index (χ0n) is 17.8. The van der Waals surface area contributed by atoms with E-state index < -0.39 is 0 Å². The minimum absolute atomic E-state index is 0.183. The molecule has 2 aromatic carbocycles. The molecule has 3 heteroatoms. The van der Waals surface area contributed by atoms with Crippen molar-refractivity contribution in [2.75, 3.05) is 6.61 Å². The van der Waals surface area contributed by atoms with Gasteiger partial charge in [-0.05, 0) is 65.8 Å². The fourth-order valence-electron chi connectivity index (χ4n) is 2.63. The smallest absolute Gasteiger partial charge is 0.123 e. The molecule has 0 N–H and O–H groups in total. The molecular weight excluding hydrogens is 367 g/mol. The van der Waals surface area contributed by atoms with Gasteiger partial charge in [0.1, 0.15) is 11.6 Å². The van der Waals surface area contributed by atoms with Crippen LogP contribution in [0.25, 0.3) is 10.4 Å². The highest BCUT2D eigenvalue weighted by molar-refractivity contribution is 7.15. The molecular formula is C25H31FOS. The first-order valence-electron chi connectivity index (χ1n) is 9.79. The SMILES string of the molecule is CC(C)(C)c1ccc(-c2ccc(F)cc2)s1.CCOc1ccc(C(C)C)cc1. The Morgan fingerprint density at radius 2 is 1.50 bits per heavy atom. The number of hydrogen-bond acceptors (Lipinski definition) is 2. The summed E-state index contributed by atoms with van der Waals surface area (Å²) in [6, 6.07) is 19.2. The van der Waals surface area contributed by atoms with Crippen LogP contribution in [0.5, 0.6) is 5.75 Å². The van der Waals surface area contributed by atoms with Crippen LogP contribution in [-0.4, -0.2) is 6.61 Å². The van der Waals surface area contributed by atoms with Gasteiger partial charge in [0.25, 0.3) is 0 Å². The van der Waals surface area contributed by atoms with Crippen LogP contribution < -0.4 is 4.74 Å². The van der Waals surface area contributed by atoms with Gasteiger partial charge in [-0.1, -0.05) is 58.9 Å². The highest BCUT2D eigenvalue weighted by atomic mass is 32.1. The van der Waals surface area contributed by atoms with Gasteiger partial charge in [-0.3, -0.25) is 0 Å². The van der Waals surface area contributed by atoms with Crippen LogP contribution in [0.2, 0.25) is 0 Å². The van der Waals surface area contributed by atoms with Crippen molar-refractivity contribution < 1.29 is 9.13 Å². The van der Waals surface area contributed by atoms with Crippen LogP contribution in [0.4, 0.5) is 4.39 Å². The van der Waals surface area contributed by atoms with Crippen LogP contribution in [0.15, 0.2) is 60.7 Å². The van der Waals surface area contributed by atoms with E-state index in [0.717, 1.165) is 17.9 Å². The quantitative estimate of drug-likeness (QED) is 0.432. The van der Waals surface area contributed by atoms with Crippen molar-refractivity contribution in [3.63, 3.8) is 0 Å². The van der Waals surface area contributed by atoms with Gasteiger partial charge in [-0.25, -0.2) is 4.39 Å². The van der Waals surface area contributed by atoms with Crippen LogP contribution in [0, 0.1) is 5.82 Å². The Morgan fingerprint density at radius 1 is 0.893 bits per heavy atom.